The summed E-state index contributed by atoms with van der Waals surface area (Å²) in [4.78, 5) is 51.5. The van der Waals surface area contributed by atoms with Crippen LogP contribution in [0, 0.1) is 0 Å². The first kappa shape index (κ1) is 48.6. The number of nitrogens with zero attached hydrogens (tertiary/aromatic N) is 4. The Morgan fingerprint density at radius 3 is 2.02 bits per heavy atom. The molecule has 1 aromatic carbocycles. The Morgan fingerprint density at radius 1 is 0.918 bits per heavy atom. The third kappa shape index (κ3) is 11.4. The second-order valence-electron chi connectivity index (χ2n) is 15.7. The summed E-state index contributed by atoms with van der Waals surface area (Å²) in [6, 6.07) is 6.18. The Balaban J connectivity index is 0.000000213. The molecule has 4 atom stereocenters. The van der Waals surface area contributed by atoms with E-state index in [4.69, 9.17) is 33.0 Å². The Labute approximate surface area is 370 Å². The fraction of sp³-hybridized carbons (Fsp3) is 0.553. The molecule has 61 heavy (non-hydrogen) atoms. The van der Waals surface area contributed by atoms with Crippen LogP contribution < -0.4 is 22.1 Å². The van der Waals surface area contributed by atoms with Gasteiger partial charge in [-0.2, -0.15) is 13.2 Å². The molecule has 23 heteroatoms. The van der Waals surface area contributed by atoms with Gasteiger partial charge in [-0.05, 0) is 64.0 Å². The molecule has 4 aromatic rings. The van der Waals surface area contributed by atoms with E-state index in [9.17, 15) is 31.2 Å². The average Bonchev–Trinajstić information content (AvgIpc) is 3.93. The van der Waals surface area contributed by atoms with E-state index in [0.717, 1.165) is 81.0 Å². The molecule has 8 N–H and O–H groups in total. The van der Waals surface area contributed by atoms with Crippen LogP contribution in [0.5, 0.6) is 0 Å². The van der Waals surface area contributed by atoms with Gasteiger partial charge in [0, 0.05) is 76.8 Å². The minimum atomic E-state index is -5.08. The van der Waals surface area contributed by atoms with Gasteiger partial charge in [0.15, 0.2) is 10.0 Å². The van der Waals surface area contributed by atoms with Crippen LogP contribution in [-0.2, 0) is 40.6 Å². The lowest BCUT2D eigenvalue weighted by molar-refractivity contribution is -0.192. The molecule has 4 aliphatic rings. The number of aromatic amines is 1. The topological polar surface area (TPSA) is 230 Å². The number of hydrogen-bond acceptors (Lipinski definition) is 13. The molecule has 5 heterocycles. The second kappa shape index (κ2) is 20.0. The molecule has 8 rings (SSSR count). The van der Waals surface area contributed by atoms with Crippen molar-refractivity contribution >= 4 is 85.2 Å². The van der Waals surface area contributed by atoms with Crippen LogP contribution in [0.2, 0.25) is 5.02 Å². The third-order valence-corrected chi connectivity index (χ3v) is 15.9. The van der Waals surface area contributed by atoms with E-state index in [1.54, 1.807) is 24.3 Å². The van der Waals surface area contributed by atoms with Crippen molar-refractivity contribution in [2.45, 2.75) is 111 Å². The quantitative estimate of drug-likeness (QED) is 0.146. The van der Waals surface area contributed by atoms with Gasteiger partial charge in [-0.3, -0.25) is 9.59 Å². The van der Waals surface area contributed by atoms with Crippen molar-refractivity contribution in [2.24, 2.45) is 11.5 Å². The summed E-state index contributed by atoms with van der Waals surface area (Å²) in [5.41, 5.74) is 15.4. The normalized spacial score (nSPS) is 23.2. The number of aliphatic carboxylic acids is 1. The second-order valence-corrected chi connectivity index (χ2v) is 20.5. The highest BCUT2D eigenvalue weighted by Gasteiger charge is 2.50. The first-order valence-corrected chi connectivity index (χ1v) is 23.1. The van der Waals surface area contributed by atoms with Crippen LogP contribution in [0.4, 0.5) is 13.2 Å². The average molecular weight is 953 g/mol. The third-order valence-electron chi connectivity index (χ3n) is 11.2. The maximum absolute atomic E-state index is 13.7. The van der Waals surface area contributed by atoms with Crippen LogP contribution in [-0.4, -0.2) is 112 Å². The van der Waals surface area contributed by atoms with E-state index in [2.05, 4.69) is 42.4 Å². The molecule has 2 saturated carbocycles. The highest BCUT2D eigenvalue weighted by atomic mass is 35.5. The predicted molar refractivity (Wildman–Crippen MR) is 230 cm³/mol. The molecular formula is C38H50Cl2F3N9O6S3. The summed E-state index contributed by atoms with van der Waals surface area (Å²) in [6.07, 6.45) is 3.19. The largest absolute Gasteiger partial charge is 0.490 e. The molecule has 2 amide bonds. The number of carbonyl (C=O) groups excluding carboxylic acids is 2. The van der Waals surface area contributed by atoms with Crippen molar-refractivity contribution in [2.75, 3.05) is 27.2 Å². The van der Waals surface area contributed by atoms with Crippen molar-refractivity contribution in [3.8, 4) is 0 Å². The number of rotatable bonds is 6. The molecule has 2 unspecified atom stereocenters. The Bertz CT molecular complexity index is 2330. The molecule has 3 aromatic heterocycles. The smallest absolute Gasteiger partial charge is 0.475 e. The molecule has 336 valence electrons. The number of aromatic nitrogens is 3. The van der Waals surface area contributed by atoms with Gasteiger partial charge in [0.25, 0.3) is 11.8 Å². The van der Waals surface area contributed by atoms with Gasteiger partial charge in [-0.1, -0.05) is 37.3 Å². The number of carboxylic acids is 1. The fourth-order valence-corrected chi connectivity index (χ4v) is 12.0. The van der Waals surface area contributed by atoms with Crippen molar-refractivity contribution in [1.29, 1.82) is 0 Å². The first-order valence-electron chi connectivity index (χ1n) is 19.6. The summed E-state index contributed by atoms with van der Waals surface area (Å²) < 4.78 is 59.2. The summed E-state index contributed by atoms with van der Waals surface area (Å²) in [7, 11) is 0.156. The van der Waals surface area contributed by atoms with E-state index < -0.39 is 32.9 Å². The Hall–Kier alpha value is -3.41. The Morgan fingerprint density at radius 2 is 1.46 bits per heavy atom. The van der Waals surface area contributed by atoms with E-state index in [-0.39, 0.29) is 47.8 Å². The monoisotopic (exact) mass is 951 g/mol. The number of fused-ring (bicyclic) bond motifs is 3. The molecule has 0 spiro atoms. The number of nitrogens with one attached hydrogen (secondary N) is 3. The molecule has 0 radical (unpaired) electrons. The standard InChI is InChI=1S/C22H26ClN5O3S2.C14H22N4OS.C2HF3O2.ClH/c1-28-9-7-16-17(12-28)32-21(26-16)20(29)27-18-4-2-3-8-22(18,24)33(30,31)19-11-13-10-14(23)5-6-15(13)25-19;1-18-7-6-11-12(8-18)20-14(17-11)13(19)16-10-5-3-2-4-9(10)15;3-2(4,5)1(6)7;/h5-6,10-11,18,25H,2-4,7-9,12,24H2,1H3,(H,27,29);9-10H,2-8,15H2,1H3,(H,16,19);(H,6,7);1H/t18-,22+;;;/m1.../s1. The molecule has 2 fully saturated rings. The minimum Gasteiger partial charge on any atom is -0.475 e. The summed E-state index contributed by atoms with van der Waals surface area (Å²) in [5, 5.41) is 15.3. The minimum absolute atomic E-state index is 0. The zero-order valence-corrected chi connectivity index (χ0v) is 37.5. The van der Waals surface area contributed by atoms with Crippen LogP contribution in [0.3, 0.4) is 0 Å². The fourth-order valence-electron chi connectivity index (χ4n) is 7.74. The number of halogens is 5. The molecule has 15 nitrogen and oxygen atoms in total. The van der Waals surface area contributed by atoms with Crippen LogP contribution in [0.1, 0.15) is 92.1 Å². The molecule has 0 bridgehead atoms. The number of sulfone groups is 1. The molecule has 0 saturated heterocycles. The van der Waals surface area contributed by atoms with Gasteiger partial charge in [-0.25, -0.2) is 23.2 Å². The highest BCUT2D eigenvalue weighted by Crippen LogP contribution is 2.37. The lowest BCUT2D eigenvalue weighted by atomic mass is 9.90. The zero-order chi connectivity index (χ0) is 43.6. The lowest BCUT2D eigenvalue weighted by Crippen LogP contribution is -2.64. The summed E-state index contributed by atoms with van der Waals surface area (Å²) in [5.74, 6) is -3.17. The van der Waals surface area contributed by atoms with Crippen LogP contribution >= 0.6 is 46.7 Å². The molecular weight excluding hydrogens is 903 g/mol. The van der Waals surface area contributed by atoms with Crippen molar-refractivity contribution < 1.29 is 41.1 Å². The van der Waals surface area contributed by atoms with E-state index in [0.29, 0.717) is 38.8 Å². The van der Waals surface area contributed by atoms with E-state index >= 15 is 0 Å². The number of H-pyrrole nitrogens is 1. The summed E-state index contributed by atoms with van der Waals surface area (Å²) >= 11 is 8.96. The first-order chi connectivity index (χ1) is 28.2. The number of nitrogens with two attached hydrogens (primary N) is 2. The number of amides is 2. The van der Waals surface area contributed by atoms with Crippen molar-refractivity contribution in [3.05, 3.63) is 60.4 Å². The number of benzene rings is 1. The zero-order valence-electron chi connectivity index (χ0n) is 33.5. The van der Waals surface area contributed by atoms with Crippen molar-refractivity contribution in [1.82, 2.24) is 35.4 Å². The van der Waals surface area contributed by atoms with Gasteiger partial charge in [-0.15, -0.1) is 35.1 Å². The maximum atomic E-state index is 13.7. The van der Waals surface area contributed by atoms with Gasteiger partial charge in [0.05, 0.1) is 17.4 Å². The number of thiazole rings is 2. The molecule has 2 aliphatic heterocycles. The number of carbonyl (C=O) groups is 3. The van der Waals surface area contributed by atoms with Gasteiger partial charge < -0.3 is 42.0 Å². The maximum Gasteiger partial charge on any atom is 0.490 e. The Kier molecular flexibility index (Phi) is 15.9. The van der Waals surface area contributed by atoms with Crippen molar-refractivity contribution in [3.63, 3.8) is 0 Å². The highest BCUT2D eigenvalue weighted by molar-refractivity contribution is 7.92. The van der Waals surface area contributed by atoms with Gasteiger partial charge in [0.1, 0.15) is 9.90 Å². The van der Waals surface area contributed by atoms with Crippen LogP contribution in [0.25, 0.3) is 10.9 Å². The van der Waals surface area contributed by atoms with E-state index in [1.165, 1.54) is 34.0 Å². The number of hydrogen-bond donors (Lipinski definition) is 6. The summed E-state index contributed by atoms with van der Waals surface area (Å²) in [6.45, 7) is 3.60. The SMILES string of the molecule is CN1CCc2nc(C(=O)NC3CCCCC3N)sc2C1.CN1CCc2nc(C(=O)N[C@@H]3CCCC[C@]3(N)S(=O)(=O)c3cc4cc(Cl)ccc4[nH]3)sc2C1.Cl.O=C(O)C(F)(F)F. The number of alkyl halides is 3. The van der Waals surface area contributed by atoms with Gasteiger partial charge >= 0.3 is 12.1 Å². The van der Waals surface area contributed by atoms with Gasteiger partial charge in [0.2, 0.25) is 9.84 Å². The van der Waals surface area contributed by atoms with E-state index in [1.807, 2.05) is 7.05 Å². The van der Waals surface area contributed by atoms with Crippen LogP contribution in [0.15, 0.2) is 29.3 Å². The number of carboxylic acid groups (broad SMARTS) is 1. The molecule has 2 aliphatic carbocycles. The predicted octanol–water partition coefficient (Wildman–Crippen LogP) is 5.25. The lowest BCUT2D eigenvalue weighted by Gasteiger charge is -2.40. The number of likely N-dealkylation sites (N-methyl/N-ethyl adjacent to an activating group) is 2.